The van der Waals surface area contributed by atoms with E-state index in [4.69, 9.17) is 10.5 Å². The number of para-hydroxylation sites is 1. The van der Waals surface area contributed by atoms with Crippen molar-refractivity contribution in [3.8, 4) is 5.75 Å². The van der Waals surface area contributed by atoms with Crippen LogP contribution in [0.25, 0.3) is 0 Å². The zero-order chi connectivity index (χ0) is 15.2. The Morgan fingerprint density at radius 1 is 1.35 bits per heavy atom. The monoisotopic (exact) mass is 300 g/mol. The second kappa shape index (κ2) is 7.25. The number of methoxy groups -OCH3 is 1. The normalized spacial score (nSPS) is 11.6. The Bertz CT molecular complexity index is 557. The maximum Gasteiger partial charge on any atom is 0.247 e. The van der Waals surface area contributed by atoms with E-state index in [1.54, 1.807) is 18.2 Å². The van der Waals surface area contributed by atoms with Gasteiger partial charge in [0.25, 0.3) is 0 Å². The average molecular weight is 300 g/mol. The first-order valence-corrected chi connectivity index (χ1v) is 7.79. The highest BCUT2D eigenvalue weighted by Crippen LogP contribution is 2.26. The van der Waals surface area contributed by atoms with Crippen LogP contribution in [0.5, 0.6) is 5.75 Å². The van der Waals surface area contributed by atoms with Gasteiger partial charge in [-0.1, -0.05) is 25.5 Å². The summed E-state index contributed by atoms with van der Waals surface area (Å²) in [6.45, 7) is 1.86. The van der Waals surface area contributed by atoms with Crippen LogP contribution in [0.3, 0.4) is 0 Å². The Hall–Kier alpha value is -1.60. The summed E-state index contributed by atoms with van der Waals surface area (Å²) in [6.07, 6.45) is 1.47. The van der Waals surface area contributed by atoms with Crippen molar-refractivity contribution in [2.45, 2.75) is 24.7 Å². The lowest BCUT2D eigenvalue weighted by Gasteiger charge is -2.21. The van der Waals surface area contributed by atoms with Gasteiger partial charge in [-0.15, -0.1) is 0 Å². The fourth-order valence-electron chi connectivity index (χ4n) is 1.76. The van der Waals surface area contributed by atoms with Gasteiger partial charge < -0.3 is 10.5 Å². The molecule has 20 heavy (non-hydrogen) atoms. The third-order valence-corrected chi connectivity index (χ3v) is 4.66. The largest absolute Gasteiger partial charge is 0.495 e. The van der Waals surface area contributed by atoms with Crippen LogP contribution in [0.1, 0.15) is 19.8 Å². The van der Waals surface area contributed by atoms with Gasteiger partial charge in [-0.3, -0.25) is 4.79 Å². The molecule has 6 nitrogen and oxygen atoms in total. The summed E-state index contributed by atoms with van der Waals surface area (Å²) in [7, 11) is -2.40. The van der Waals surface area contributed by atoms with Gasteiger partial charge in [0.1, 0.15) is 10.6 Å². The lowest BCUT2D eigenvalue weighted by atomic mass is 10.3. The van der Waals surface area contributed by atoms with Crippen LogP contribution >= 0.6 is 0 Å². The van der Waals surface area contributed by atoms with Crippen molar-refractivity contribution >= 4 is 15.9 Å². The zero-order valence-corrected chi connectivity index (χ0v) is 12.5. The molecule has 0 unspecified atom stereocenters. The molecule has 7 heteroatoms. The van der Waals surface area contributed by atoms with Crippen LogP contribution in [-0.4, -0.2) is 38.8 Å². The third kappa shape index (κ3) is 3.94. The predicted octanol–water partition coefficient (Wildman–Crippen LogP) is 0.971. The van der Waals surface area contributed by atoms with Gasteiger partial charge in [-0.25, -0.2) is 8.42 Å². The van der Waals surface area contributed by atoms with Crippen molar-refractivity contribution < 1.29 is 17.9 Å². The molecule has 0 spiro atoms. The topological polar surface area (TPSA) is 89.7 Å². The lowest BCUT2D eigenvalue weighted by molar-refractivity contribution is -0.118. The van der Waals surface area contributed by atoms with Gasteiger partial charge in [0.05, 0.1) is 13.7 Å². The molecule has 0 fully saturated rings. The Kier molecular flexibility index (Phi) is 5.97. The number of amides is 1. The number of nitrogens with zero attached hydrogens (tertiary/aromatic N) is 1. The minimum absolute atomic E-state index is 0.0415. The SMILES string of the molecule is CCCCN(CC(N)=O)S(=O)(=O)c1ccccc1OC. The molecule has 0 bridgehead atoms. The molecule has 0 aliphatic carbocycles. The minimum atomic E-state index is -3.80. The van der Waals surface area contributed by atoms with Crippen molar-refractivity contribution in [3.63, 3.8) is 0 Å². The molecule has 0 aromatic heterocycles. The highest BCUT2D eigenvalue weighted by atomic mass is 32.2. The fourth-order valence-corrected chi connectivity index (χ4v) is 3.36. The molecular formula is C13H20N2O4S. The van der Waals surface area contributed by atoms with Crippen molar-refractivity contribution in [1.29, 1.82) is 0 Å². The predicted molar refractivity (Wildman–Crippen MR) is 75.9 cm³/mol. The van der Waals surface area contributed by atoms with E-state index in [1.165, 1.54) is 13.2 Å². The minimum Gasteiger partial charge on any atom is -0.495 e. The molecule has 0 aliphatic rings. The molecule has 2 N–H and O–H groups in total. The molecule has 0 saturated heterocycles. The first kappa shape index (κ1) is 16.5. The molecule has 0 saturated carbocycles. The highest BCUT2D eigenvalue weighted by Gasteiger charge is 2.28. The summed E-state index contributed by atoms with van der Waals surface area (Å²) in [5.74, 6) is -0.432. The van der Waals surface area contributed by atoms with Crippen molar-refractivity contribution in [2.24, 2.45) is 5.73 Å². The summed E-state index contributed by atoms with van der Waals surface area (Å²) in [5.41, 5.74) is 5.13. The van der Waals surface area contributed by atoms with Gasteiger partial charge >= 0.3 is 0 Å². The number of carbonyl (C=O) groups excluding carboxylic acids is 1. The number of ether oxygens (including phenoxy) is 1. The van der Waals surface area contributed by atoms with Crippen LogP contribution in [0, 0.1) is 0 Å². The Morgan fingerprint density at radius 2 is 2.00 bits per heavy atom. The number of sulfonamides is 1. The van der Waals surface area contributed by atoms with Crippen molar-refractivity contribution in [3.05, 3.63) is 24.3 Å². The van der Waals surface area contributed by atoms with Crippen LogP contribution in [0.2, 0.25) is 0 Å². The molecule has 0 heterocycles. The molecule has 0 atom stereocenters. The number of carbonyl (C=O) groups is 1. The number of nitrogens with two attached hydrogens (primary N) is 1. The summed E-state index contributed by atoms with van der Waals surface area (Å²) in [4.78, 5) is 11.1. The van der Waals surface area contributed by atoms with E-state index in [9.17, 15) is 13.2 Å². The zero-order valence-electron chi connectivity index (χ0n) is 11.7. The summed E-state index contributed by atoms with van der Waals surface area (Å²) >= 11 is 0. The highest BCUT2D eigenvalue weighted by molar-refractivity contribution is 7.89. The van der Waals surface area contributed by atoms with E-state index in [0.29, 0.717) is 6.42 Å². The van der Waals surface area contributed by atoms with Gasteiger partial charge in [0, 0.05) is 6.54 Å². The van der Waals surface area contributed by atoms with Crippen molar-refractivity contribution in [2.75, 3.05) is 20.2 Å². The number of rotatable bonds is 8. The van der Waals surface area contributed by atoms with E-state index in [-0.39, 0.29) is 23.7 Å². The van der Waals surface area contributed by atoms with E-state index in [1.807, 2.05) is 6.92 Å². The number of primary amides is 1. The fraction of sp³-hybridized carbons (Fsp3) is 0.462. The first-order chi connectivity index (χ1) is 9.43. The second-order valence-corrected chi connectivity index (χ2v) is 6.22. The van der Waals surface area contributed by atoms with Crippen LogP contribution in [0.15, 0.2) is 29.2 Å². The Labute approximate surface area is 119 Å². The van der Waals surface area contributed by atoms with Crippen molar-refractivity contribution in [1.82, 2.24) is 4.31 Å². The van der Waals surface area contributed by atoms with Gasteiger partial charge in [-0.2, -0.15) is 4.31 Å². The molecular weight excluding hydrogens is 280 g/mol. The summed E-state index contributed by atoms with van der Waals surface area (Å²) in [6, 6.07) is 6.31. The van der Waals surface area contributed by atoms with Crippen LogP contribution in [0.4, 0.5) is 0 Å². The molecule has 1 rings (SSSR count). The second-order valence-electron chi connectivity index (χ2n) is 4.31. The van der Waals surface area contributed by atoms with E-state index in [2.05, 4.69) is 0 Å². The van der Waals surface area contributed by atoms with Gasteiger partial charge in [-0.05, 0) is 18.6 Å². The average Bonchev–Trinajstić information content (AvgIpc) is 2.42. The van der Waals surface area contributed by atoms with E-state index < -0.39 is 15.9 Å². The summed E-state index contributed by atoms with van der Waals surface area (Å²) in [5, 5.41) is 0. The number of unbranched alkanes of at least 4 members (excludes halogenated alkanes) is 1. The standard InChI is InChI=1S/C13H20N2O4S/c1-3-4-9-15(10-13(14)16)20(17,18)12-8-6-5-7-11(12)19-2/h5-8H,3-4,9-10H2,1-2H3,(H2,14,16). The van der Waals surface area contributed by atoms with Crippen LogP contribution < -0.4 is 10.5 Å². The Balaban J connectivity index is 3.17. The maximum absolute atomic E-state index is 12.6. The molecule has 112 valence electrons. The Morgan fingerprint density at radius 3 is 2.55 bits per heavy atom. The molecule has 0 radical (unpaired) electrons. The van der Waals surface area contributed by atoms with E-state index in [0.717, 1.165) is 10.7 Å². The maximum atomic E-state index is 12.6. The summed E-state index contributed by atoms with van der Waals surface area (Å²) < 4.78 is 31.3. The number of hydrogen-bond acceptors (Lipinski definition) is 4. The molecule has 1 aromatic carbocycles. The number of benzene rings is 1. The quantitative estimate of drug-likeness (QED) is 0.774. The van der Waals surface area contributed by atoms with Gasteiger partial charge in [0.15, 0.2) is 0 Å². The van der Waals surface area contributed by atoms with E-state index >= 15 is 0 Å². The first-order valence-electron chi connectivity index (χ1n) is 6.35. The smallest absolute Gasteiger partial charge is 0.247 e. The molecule has 1 amide bonds. The lowest BCUT2D eigenvalue weighted by Crippen LogP contribution is -2.39. The third-order valence-electron chi connectivity index (χ3n) is 2.78. The molecule has 1 aromatic rings. The van der Waals surface area contributed by atoms with Crippen LogP contribution in [-0.2, 0) is 14.8 Å². The molecule has 0 aliphatic heterocycles. The number of hydrogen-bond donors (Lipinski definition) is 1. The van der Waals surface area contributed by atoms with Gasteiger partial charge in [0.2, 0.25) is 15.9 Å².